The van der Waals surface area contributed by atoms with Crippen LogP contribution in [0.4, 0.5) is 10.5 Å². The zero-order valence-electron chi connectivity index (χ0n) is 18.6. The van der Waals surface area contributed by atoms with E-state index in [-0.39, 0.29) is 11.9 Å². The predicted molar refractivity (Wildman–Crippen MR) is 124 cm³/mol. The highest BCUT2D eigenvalue weighted by Crippen LogP contribution is 2.15. The second-order valence-electron chi connectivity index (χ2n) is 8.33. The number of aromatic nitrogens is 2. The summed E-state index contributed by atoms with van der Waals surface area (Å²) in [6.45, 7) is 6.60. The molecule has 166 valence electrons. The van der Waals surface area contributed by atoms with Crippen molar-refractivity contribution in [3.05, 3.63) is 82.7 Å². The molecule has 3 amide bonds. The van der Waals surface area contributed by atoms with Gasteiger partial charge in [0.25, 0.3) is 0 Å². The first-order chi connectivity index (χ1) is 15.5. The molecule has 1 aliphatic heterocycles. The van der Waals surface area contributed by atoms with Crippen molar-refractivity contribution in [3.63, 3.8) is 0 Å². The van der Waals surface area contributed by atoms with E-state index in [9.17, 15) is 9.59 Å². The standard InChI is InChI=1S/C25H29N5O2/c1-18-13-19(2)30(28-18)17-22-5-3-6-23(14-22)27-25(32)26-15-20-8-10-21(11-9-20)16-29-12-4-7-24(29)31/h3,5-6,8-11,13-14H,4,7,12,15-17H2,1-2H3,(H2,26,27,32). The van der Waals surface area contributed by atoms with Gasteiger partial charge in [-0.25, -0.2) is 4.79 Å². The Balaban J connectivity index is 1.27. The van der Waals surface area contributed by atoms with Crippen LogP contribution in [0.25, 0.3) is 0 Å². The maximum atomic E-state index is 12.4. The Morgan fingerprint density at radius 3 is 2.47 bits per heavy atom. The second-order valence-corrected chi connectivity index (χ2v) is 8.33. The van der Waals surface area contributed by atoms with E-state index in [0.29, 0.717) is 26.1 Å². The smallest absolute Gasteiger partial charge is 0.319 e. The Bertz CT molecular complexity index is 1100. The zero-order valence-corrected chi connectivity index (χ0v) is 18.6. The average Bonchev–Trinajstić information content (AvgIpc) is 3.31. The Kier molecular flexibility index (Phi) is 6.54. The van der Waals surface area contributed by atoms with Crippen molar-refractivity contribution in [2.75, 3.05) is 11.9 Å². The Hall–Kier alpha value is -3.61. The van der Waals surface area contributed by atoms with Gasteiger partial charge in [0, 0.05) is 37.4 Å². The molecule has 3 aromatic rings. The molecule has 2 heterocycles. The number of likely N-dealkylation sites (tertiary alicyclic amines) is 1. The quantitative estimate of drug-likeness (QED) is 0.594. The summed E-state index contributed by atoms with van der Waals surface area (Å²) in [6, 6.07) is 17.6. The van der Waals surface area contributed by atoms with Crippen LogP contribution >= 0.6 is 0 Å². The van der Waals surface area contributed by atoms with E-state index in [0.717, 1.165) is 46.7 Å². The highest BCUT2D eigenvalue weighted by atomic mass is 16.2. The average molecular weight is 432 g/mol. The predicted octanol–water partition coefficient (Wildman–Crippen LogP) is 3.99. The van der Waals surface area contributed by atoms with Crippen molar-refractivity contribution in [2.24, 2.45) is 0 Å². The van der Waals surface area contributed by atoms with Gasteiger partial charge in [-0.1, -0.05) is 36.4 Å². The summed E-state index contributed by atoms with van der Waals surface area (Å²) in [7, 11) is 0. The minimum Gasteiger partial charge on any atom is -0.338 e. The summed E-state index contributed by atoms with van der Waals surface area (Å²) in [6.07, 6.45) is 1.60. The summed E-state index contributed by atoms with van der Waals surface area (Å²) >= 11 is 0. The molecule has 2 N–H and O–H groups in total. The van der Waals surface area contributed by atoms with Crippen LogP contribution in [0.15, 0.2) is 54.6 Å². The van der Waals surface area contributed by atoms with Gasteiger partial charge in [-0.15, -0.1) is 0 Å². The number of benzene rings is 2. The molecule has 1 aromatic heterocycles. The third kappa shape index (κ3) is 5.55. The van der Waals surface area contributed by atoms with Crippen LogP contribution in [0.5, 0.6) is 0 Å². The third-order valence-electron chi connectivity index (χ3n) is 5.64. The van der Waals surface area contributed by atoms with Crippen molar-refractivity contribution < 1.29 is 9.59 Å². The van der Waals surface area contributed by atoms with E-state index in [1.54, 1.807) is 0 Å². The topological polar surface area (TPSA) is 79.3 Å². The highest BCUT2D eigenvalue weighted by molar-refractivity contribution is 5.89. The lowest BCUT2D eigenvalue weighted by atomic mass is 10.1. The number of anilines is 1. The number of hydrogen-bond acceptors (Lipinski definition) is 3. The molecule has 4 rings (SSSR count). The van der Waals surface area contributed by atoms with Gasteiger partial charge >= 0.3 is 6.03 Å². The van der Waals surface area contributed by atoms with Crippen molar-refractivity contribution in [3.8, 4) is 0 Å². The van der Waals surface area contributed by atoms with Crippen molar-refractivity contribution >= 4 is 17.6 Å². The second kappa shape index (κ2) is 9.68. The largest absolute Gasteiger partial charge is 0.338 e. The van der Waals surface area contributed by atoms with Crippen molar-refractivity contribution in [1.82, 2.24) is 20.0 Å². The monoisotopic (exact) mass is 431 g/mol. The SMILES string of the molecule is Cc1cc(C)n(Cc2cccc(NC(=O)NCc3ccc(CN4CCCC4=O)cc3)c2)n1. The van der Waals surface area contributed by atoms with E-state index in [1.165, 1.54) is 0 Å². The number of hydrogen-bond donors (Lipinski definition) is 2. The Morgan fingerprint density at radius 2 is 1.78 bits per heavy atom. The molecule has 7 nitrogen and oxygen atoms in total. The normalized spacial score (nSPS) is 13.4. The summed E-state index contributed by atoms with van der Waals surface area (Å²) in [4.78, 5) is 26.0. The lowest BCUT2D eigenvalue weighted by molar-refractivity contribution is -0.128. The fourth-order valence-electron chi connectivity index (χ4n) is 3.97. The van der Waals surface area contributed by atoms with E-state index < -0.39 is 0 Å². The fraction of sp³-hybridized carbons (Fsp3) is 0.320. The third-order valence-corrected chi connectivity index (χ3v) is 5.64. The number of urea groups is 1. The molecule has 0 atom stereocenters. The summed E-state index contributed by atoms with van der Waals surface area (Å²) in [5.41, 5.74) is 6.03. The number of nitrogens with one attached hydrogen (secondary N) is 2. The summed E-state index contributed by atoms with van der Waals surface area (Å²) in [5, 5.41) is 10.3. The molecule has 0 unspecified atom stereocenters. The molecule has 0 aliphatic carbocycles. The van der Waals surface area contributed by atoms with Crippen LogP contribution < -0.4 is 10.6 Å². The summed E-state index contributed by atoms with van der Waals surface area (Å²) in [5.74, 6) is 0.228. The molecule has 1 aliphatic rings. The van der Waals surface area contributed by atoms with E-state index in [1.807, 2.05) is 78.0 Å². The first-order valence-corrected chi connectivity index (χ1v) is 11.0. The molecule has 0 saturated carbocycles. The van der Waals surface area contributed by atoms with Gasteiger partial charge in [-0.3, -0.25) is 9.48 Å². The van der Waals surface area contributed by atoms with Crippen LogP contribution in [0.3, 0.4) is 0 Å². The number of carbonyl (C=O) groups excluding carboxylic acids is 2. The molecule has 0 bridgehead atoms. The maximum absolute atomic E-state index is 12.4. The van der Waals surface area contributed by atoms with Gasteiger partial charge in [-0.05, 0) is 55.2 Å². The highest BCUT2D eigenvalue weighted by Gasteiger charge is 2.19. The molecular weight excluding hydrogens is 402 g/mol. The molecule has 0 spiro atoms. The minimum atomic E-state index is -0.250. The van der Waals surface area contributed by atoms with Gasteiger partial charge in [-0.2, -0.15) is 5.10 Å². The first-order valence-electron chi connectivity index (χ1n) is 11.0. The maximum Gasteiger partial charge on any atom is 0.319 e. The number of rotatable bonds is 7. The number of nitrogens with zero attached hydrogens (tertiary/aromatic N) is 3. The van der Waals surface area contributed by atoms with E-state index in [2.05, 4.69) is 15.7 Å². The van der Waals surface area contributed by atoms with Crippen LogP contribution in [-0.2, 0) is 24.4 Å². The van der Waals surface area contributed by atoms with Crippen LogP contribution in [0.1, 0.15) is 40.9 Å². The lowest BCUT2D eigenvalue weighted by Crippen LogP contribution is -2.28. The molecule has 32 heavy (non-hydrogen) atoms. The van der Waals surface area contributed by atoms with Gasteiger partial charge in [0.2, 0.25) is 5.91 Å². The van der Waals surface area contributed by atoms with E-state index >= 15 is 0 Å². The van der Waals surface area contributed by atoms with Crippen molar-refractivity contribution in [2.45, 2.75) is 46.3 Å². The minimum absolute atomic E-state index is 0.228. The molecule has 1 fully saturated rings. The van der Waals surface area contributed by atoms with Gasteiger partial charge in [0.1, 0.15) is 0 Å². The zero-order chi connectivity index (χ0) is 22.5. The Morgan fingerprint density at radius 1 is 1.00 bits per heavy atom. The van der Waals surface area contributed by atoms with E-state index in [4.69, 9.17) is 0 Å². The Labute approximate surface area is 188 Å². The first kappa shape index (κ1) is 21.6. The summed E-state index contributed by atoms with van der Waals surface area (Å²) < 4.78 is 1.96. The van der Waals surface area contributed by atoms with Gasteiger partial charge in [0.15, 0.2) is 0 Å². The number of carbonyl (C=O) groups is 2. The molecule has 1 saturated heterocycles. The molecule has 7 heteroatoms. The van der Waals surface area contributed by atoms with Crippen LogP contribution in [-0.4, -0.2) is 33.2 Å². The van der Waals surface area contributed by atoms with Crippen molar-refractivity contribution in [1.29, 1.82) is 0 Å². The van der Waals surface area contributed by atoms with Crippen LogP contribution in [0, 0.1) is 13.8 Å². The number of amides is 3. The van der Waals surface area contributed by atoms with Gasteiger partial charge < -0.3 is 15.5 Å². The lowest BCUT2D eigenvalue weighted by Gasteiger charge is -2.15. The van der Waals surface area contributed by atoms with Crippen LogP contribution in [0.2, 0.25) is 0 Å². The fourth-order valence-corrected chi connectivity index (χ4v) is 3.97. The molecule has 2 aromatic carbocycles. The number of aryl methyl sites for hydroxylation is 2. The molecule has 0 radical (unpaired) electrons. The molecular formula is C25H29N5O2. The van der Waals surface area contributed by atoms with Gasteiger partial charge in [0.05, 0.1) is 12.2 Å².